The number of benzene rings is 1. The minimum absolute atomic E-state index is 0.225. The van der Waals surface area contributed by atoms with Crippen LogP contribution in [-0.4, -0.2) is 5.75 Å². The number of rotatable bonds is 2. The molecule has 1 aromatic carbocycles. The molecule has 1 rings (SSSR count). The zero-order valence-corrected chi connectivity index (χ0v) is 7.12. The van der Waals surface area contributed by atoms with Crippen molar-refractivity contribution in [2.75, 3.05) is 11.5 Å². The Balaban J connectivity index is 2.96. The van der Waals surface area contributed by atoms with Crippen molar-refractivity contribution in [3.05, 3.63) is 24.0 Å². The first-order chi connectivity index (χ1) is 5.25. The molecule has 0 saturated heterocycles. The fraction of sp³-hybridized carbons (Fsp3) is 0.250. The average molecular weight is 171 g/mol. The Hall–Kier alpha value is -0.700. The fourth-order valence-electron chi connectivity index (χ4n) is 0.795. The highest BCUT2D eigenvalue weighted by molar-refractivity contribution is 7.99. The Kier molecular flexibility index (Phi) is 2.76. The lowest BCUT2D eigenvalue weighted by Gasteiger charge is -2.01. The molecule has 0 bridgehead atoms. The standard InChI is InChI=1S/C8H10FNS/c1-2-11-7-5-3-4-6(10)8(7)9/h3-5H,2,10H2,1H3. The minimum atomic E-state index is -0.292. The molecule has 0 fully saturated rings. The van der Waals surface area contributed by atoms with E-state index in [1.165, 1.54) is 11.8 Å². The van der Waals surface area contributed by atoms with Crippen LogP contribution < -0.4 is 5.73 Å². The summed E-state index contributed by atoms with van der Waals surface area (Å²) in [6.45, 7) is 1.98. The third-order valence-electron chi connectivity index (χ3n) is 1.29. The molecule has 0 aliphatic rings. The van der Waals surface area contributed by atoms with Crippen LogP contribution in [-0.2, 0) is 0 Å². The second kappa shape index (κ2) is 3.62. The SMILES string of the molecule is CCSc1cccc(N)c1F. The van der Waals surface area contributed by atoms with E-state index in [0.29, 0.717) is 4.90 Å². The van der Waals surface area contributed by atoms with Crippen LogP contribution in [0.15, 0.2) is 23.1 Å². The molecule has 0 unspecified atom stereocenters. The fourth-order valence-corrected chi connectivity index (χ4v) is 1.53. The molecule has 3 heteroatoms. The highest BCUT2D eigenvalue weighted by Crippen LogP contribution is 2.24. The van der Waals surface area contributed by atoms with Crippen molar-refractivity contribution in [2.45, 2.75) is 11.8 Å². The highest BCUT2D eigenvalue weighted by atomic mass is 32.2. The molecule has 0 aliphatic heterocycles. The summed E-state index contributed by atoms with van der Waals surface area (Å²) in [6, 6.07) is 5.06. The van der Waals surface area contributed by atoms with Gasteiger partial charge in [0.05, 0.1) is 5.69 Å². The monoisotopic (exact) mass is 171 g/mol. The molecule has 0 aromatic heterocycles. The molecule has 1 aromatic rings. The summed E-state index contributed by atoms with van der Waals surface area (Å²) in [5.74, 6) is 0.569. The van der Waals surface area contributed by atoms with Crippen LogP contribution >= 0.6 is 11.8 Å². The van der Waals surface area contributed by atoms with Gasteiger partial charge < -0.3 is 5.73 Å². The summed E-state index contributed by atoms with van der Waals surface area (Å²) in [5, 5.41) is 0. The van der Waals surface area contributed by atoms with E-state index < -0.39 is 0 Å². The van der Waals surface area contributed by atoms with Crippen LogP contribution in [0.5, 0.6) is 0 Å². The molecule has 0 heterocycles. The van der Waals surface area contributed by atoms with E-state index in [-0.39, 0.29) is 11.5 Å². The number of nitrogens with two attached hydrogens (primary N) is 1. The summed E-state index contributed by atoms with van der Waals surface area (Å²) >= 11 is 1.46. The van der Waals surface area contributed by atoms with Gasteiger partial charge in [-0.2, -0.15) is 0 Å². The molecule has 11 heavy (non-hydrogen) atoms. The topological polar surface area (TPSA) is 26.0 Å². The van der Waals surface area contributed by atoms with Crippen LogP contribution in [0.2, 0.25) is 0 Å². The number of nitrogen functional groups attached to an aromatic ring is 1. The largest absolute Gasteiger partial charge is 0.396 e. The van der Waals surface area contributed by atoms with Gasteiger partial charge in [0.2, 0.25) is 0 Å². The summed E-state index contributed by atoms with van der Waals surface area (Å²) in [7, 11) is 0. The maximum Gasteiger partial charge on any atom is 0.159 e. The average Bonchev–Trinajstić information content (AvgIpc) is 1.99. The number of thioether (sulfide) groups is 1. The van der Waals surface area contributed by atoms with Gasteiger partial charge in [0.25, 0.3) is 0 Å². The van der Waals surface area contributed by atoms with Gasteiger partial charge in [0, 0.05) is 4.90 Å². The van der Waals surface area contributed by atoms with E-state index in [2.05, 4.69) is 0 Å². The number of hydrogen-bond acceptors (Lipinski definition) is 2. The van der Waals surface area contributed by atoms with Crippen molar-refractivity contribution in [3.8, 4) is 0 Å². The normalized spacial score (nSPS) is 10.0. The van der Waals surface area contributed by atoms with Gasteiger partial charge in [-0.3, -0.25) is 0 Å². The molecule has 0 radical (unpaired) electrons. The van der Waals surface area contributed by atoms with Crippen LogP contribution in [0.3, 0.4) is 0 Å². The smallest absolute Gasteiger partial charge is 0.159 e. The lowest BCUT2D eigenvalue weighted by atomic mass is 10.3. The molecular formula is C8H10FNS. The van der Waals surface area contributed by atoms with Crippen molar-refractivity contribution in [2.24, 2.45) is 0 Å². The van der Waals surface area contributed by atoms with E-state index in [4.69, 9.17) is 5.73 Å². The lowest BCUT2D eigenvalue weighted by Crippen LogP contribution is -1.91. The maximum absolute atomic E-state index is 13.0. The first kappa shape index (κ1) is 8.40. The molecule has 0 spiro atoms. The second-order valence-corrected chi connectivity index (χ2v) is 3.40. The Morgan fingerprint density at radius 2 is 2.27 bits per heavy atom. The first-order valence-electron chi connectivity index (χ1n) is 3.42. The lowest BCUT2D eigenvalue weighted by molar-refractivity contribution is 0.607. The third-order valence-corrected chi connectivity index (χ3v) is 2.21. The molecule has 0 amide bonds. The summed E-state index contributed by atoms with van der Waals surface area (Å²) < 4.78 is 13.0. The van der Waals surface area contributed by atoms with Crippen molar-refractivity contribution >= 4 is 17.4 Å². The van der Waals surface area contributed by atoms with Crippen LogP contribution in [0, 0.1) is 5.82 Å². The van der Waals surface area contributed by atoms with Gasteiger partial charge in [-0.1, -0.05) is 13.0 Å². The van der Waals surface area contributed by atoms with E-state index in [9.17, 15) is 4.39 Å². The van der Waals surface area contributed by atoms with Crippen molar-refractivity contribution < 1.29 is 4.39 Å². The zero-order chi connectivity index (χ0) is 8.27. The van der Waals surface area contributed by atoms with Gasteiger partial charge in [-0.25, -0.2) is 4.39 Å². The van der Waals surface area contributed by atoms with E-state index in [1.54, 1.807) is 18.2 Å². The quantitative estimate of drug-likeness (QED) is 0.546. The molecular weight excluding hydrogens is 161 g/mol. The predicted octanol–water partition coefficient (Wildman–Crippen LogP) is 2.52. The van der Waals surface area contributed by atoms with Gasteiger partial charge in [-0.05, 0) is 17.9 Å². The minimum Gasteiger partial charge on any atom is -0.396 e. The Labute approximate surface area is 69.8 Å². The number of anilines is 1. The van der Waals surface area contributed by atoms with Crippen LogP contribution in [0.25, 0.3) is 0 Å². The molecule has 0 aliphatic carbocycles. The predicted molar refractivity (Wildman–Crippen MR) is 47.2 cm³/mol. The summed E-state index contributed by atoms with van der Waals surface area (Å²) in [5.41, 5.74) is 5.59. The molecule has 60 valence electrons. The van der Waals surface area contributed by atoms with Gasteiger partial charge in [0.1, 0.15) is 0 Å². The maximum atomic E-state index is 13.0. The van der Waals surface area contributed by atoms with Crippen molar-refractivity contribution in [1.82, 2.24) is 0 Å². The van der Waals surface area contributed by atoms with Crippen molar-refractivity contribution in [3.63, 3.8) is 0 Å². The van der Waals surface area contributed by atoms with Gasteiger partial charge in [0.15, 0.2) is 5.82 Å². The summed E-state index contributed by atoms with van der Waals surface area (Å²) in [6.07, 6.45) is 0. The zero-order valence-electron chi connectivity index (χ0n) is 6.30. The Morgan fingerprint density at radius 3 is 2.91 bits per heavy atom. The molecule has 0 saturated carbocycles. The van der Waals surface area contributed by atoms with Gasteiger partial charge in [-0.15, -0.1) is 11.8 Å². The molecule has 0 atom stereocenters. The van der Waals surface area contributed by atoms with Crippen LogP contribution in [0.4, 0.5) is 10.1 Å². The summed E-state index contributed by atoms with van der Waals surface area (Å²) in [4.78, 5) is 0.632. The third kappa shape index (κ3) is 1.87. The number of halogens is 1. The number of hydrogen-bond donors (Lipinski definition) is 1. The highest BCUT2D eigenvalue weighted by Gasteiger charge is 2.03. The van der Waals surface area contributed by atoms with E-state index in [1.807, 2.05) is 6.92 Å². The first-order valence-corrected chi connectivity index (χ1v) is 4.41. The molecule has 2 N–H and O–H groups in total. The van der Waals surface area contributed by atoms with E-state index in [0.717, 1.165) is 5.75 Å². The van der Waals surface area contributed by atoms with Crippen molar-refractivity contribution in [1.29, 1.82) is 0 Å². The van der Waals surface area contributed by atoms with Gasteiger partial charge >= 0.3 is 0 Å². The molecule has 1 nitrogen and oxygen atoms in total. The van der Waals surface area contributed by atoms with E-state index >= 15 is 0 Å². The Morgan fingerprint density at radius 1 is 1.55 bits per heavy atom. The second-order valence-electron chi connectivity index (χ2n) is 2.09. The Bertz CT molecular complexity index is 250. The van der Waals surface area contributed by atoms with Crippen LogP contribution in [0.1, 0.15) is 6.92 Å².